The average molecular weight is 222 g/mol. The summed E-state index contributed by atoms with van der Waals surface area (Å²) >= 11 is 0. The van der Waals surface area contributed by atoms with Crippen LogP contribution in [0, 0.1) is 13.8 Å². The molecular weight excluding hydrogens is 204 g/mol. The molecule has 1 aliphatic carbocycles. The Labute approximate surface area is 104 Å². The summed E-state index contributed by atoms with van der Waals surface area (Å²) in [5.41, 5.74) is 7.83. The van der Waals surface area contributed by atoms with Gasteiger partial charge in [0.2, 0.25) is 0 Å². The first-order chi connectivity index (χ1) is 8.15. The van der Waals surface area contributed by atoms with Crippen LogP contribution in [0.3, 0.4) is 0 Å². The van der Waals surface area contributed by atoms with E-state index < -0.39 is 0 Å². The molecule has 0 heteroatoms. The first-order valence-corrected chi connectivity index (χ1v) is 5.92. The van der Waals surface area contributed by atoms with Crippen LogP contribution in [0.4, 0.5) is 0 Å². The Hall–Kier alpha value is -1.82. The van der Waals surface area contributed by atoms with Crippen LogP contribution in [0.5, 0.6) is 0 Å². The fraction of sp³-hybridized carbons (Fsp3) is 0.176. The molecule has 0 saturated carbocycles. The van der Waals surface area contributed by atoms with Gasteiger partial charge in [-0.2, -0.15) is 0 Å². The van der Waals surface area contributed by atoms with Crippen LogP contribution < -0.4 is 0 Å². The van der Waals surface area contributed by atoms with Gasteiger partial charge < -0.3 is 0 Å². The van der Waals surface area contributed by atoms with E-state index in [0.717, 1.165) is 6.42 Å². The minimum Gasteiger partial charge on any atom is -0.0988 e. The zero-order valence-corrected chi connectivity index (χ0v) is 10.6. The van der Waals surface area contributed by atoms with Crippen LogP contribution in [0.15, 0.2) is 60.7 Å². The van der Waals surface area contributed by atoms with E-state index in [4.69, 9.17) is 0 Å². The van der Waals surface area contributed by atoms with Gasteiger partial charge in [0, 0.05) is 0 Å². The number of allylic oxidation sites excluding steroid dienone is 6. The SMILES string of the molecule is C=CC1=C(C=C)CC(c2cc(C)ccc2C)=C1. The van der Waals surface area contributed by atoms with E-state index in [1.165, 1.54) is 33.4 Å². The lowest BCUT2D eigenvalue weighted by atomic mass is 9.96. The third-order valence-electron chi connectivity index (χ3n) is 3.29. The van der Waals surface area contributed by atoms with Gasteiger partial charge in [0.15, 0.2) is 0 Å². The fourth-order valence-corrected chi connectivity index (χ4v) is 2.27. The quantitative estimate of drug-likeness (QED) is 0.691. The normalized spacial score (nSPS) is 14.8. The van der Waals surface area contributed by atoms with E-state index in [2.05, 4.69) is 51.3 Å². The molecule has 86 valence electrons. The van der Waals surface area contributed by atoms with E-state index in [9.17, 15) is 0 Å². The second-order valence-corrected chi connectivity index (χ2v) is 4.55. The second kappa shape index (κ2) is 4.58. The molecule has 0 heterocycles. The van der Waals surface area contributed by atoms with Gasteiger partial charge in [-0.15, -0.1) is 0 Å². The lowest BCUT2D eigenvalue weighted by molar-refractivity contribution is 1.29. The molecule has 0 aliphatic heterocycles. The van der Waals surface area contributed by atoms with Crippen molar-refractivity contribution in [2.75, 3.05) is 0 Å². The van der Waals surface area contributed by atoms with Crippen LogP contribution in [0.25, 0.3) is 5.57 Å². The number of hydrogen-bond donors (Lipinski definition) is 0. The van der Waals surface area contributed by atoms with Crippen LogP contribution in [0.2, 0.25) is 0 Å². The number of rotatable bonds is 3. The molecule has 0 bridgehead atoms. The molecule has 1 aromatic carbocycles. The van der Waals surface area contributed by atoms with Gasteiger partial charge in [0.1, 0.15) is 0 Å². The predicted molar refractivity (Wildman–Crippen MR) is 75.9 cm³/mol. The monoisotopic (exact) mass is 222 g/mol. The number of hydrogen-bond acceptors (Lipinski definition) is 0. The molecule has 0 unspecified atom stereocenters. The van der Waals surface area contributed by atoms with Gasteiger partial charge in [-0.1, -0.05) is 55.1 Å². The van der Waals surface area contributed by atoms with E-state index >= 15 is 0 Å². The van der Waals surface area contributed by atoms with Gasteiger partial charge in [-0.05, 0) is 48.1 Å². The summed E-state index contributed by atoms with van der Waals surface area (Å²) < 4.78 is 0. The molecule has 0 saturated heterocycles. The Morgan fingerprint density at radius 2 is 1.88 bits per heavy atom. The molecule has 0 nitrogen and oxygen atoms in total. The highest BCUT2D eigenvalue weighted by Gasteiger charge is 2.14. The van der Waals surface area contributed by atoms with E-state index in [1.807, 2.05) is 12.2 Å². The van der Waals surface area contributed by atoms with Gasteiger partial charge in [0.05, 0.1) is 0 Å². The zero-order valence-electron chi connectivity index (χ0n) is 10.6. The topological polar surface area (TPSA) is 0 Å². The Morgan fingerprint density at radius 1 is 1.12 bits per heavy atom. The maximum absolute atomic E-state index is 3.87. The van der Waals surface area contributed by atoms with Crippen molar-refractivity contribution < 1.29 is 0 Å². The number of benzene rings is 1. The Morgan fingerprint density at radius 3 is 2.47 bits per heavy atom. The highest BCUT2D eigenvalue weighted by atomic mass is 14.2. The summed E-state index contributed by atoms with van der Waals surface area (Å²) in [4.78, 5) is 0. The van der Waals surface area contributed by atoms with Crippen molar-refractivity contribution in [1.29, 1.82) is 0 Å². The maximum atomic E-state index is 3.87. The molecule has 1 aromatic rings. The van der Waals surface area contributed by atoms with Gasteiger partial charge in [0.25, 0.3) is 0 Å². The minimum atomic E-state index is 0.967. The summed E-state index contributed by atoms with van der Waals surface area (Å²) in [7, 11) is 0. The van der Waals surface area contributed by atoms with Crippen molar-refractivity contribution in [2.45, 2.75) is 20.3 Å². The van der Waals surface area contributed by atoms with Crippen molar-refractivity contribution in [3.63, 3.8) is 0 Å². The standard InChI is InChI=1S/C17H18/c1-5-14-10-16(11-15(14)6-2)17-9-12(3)7-8-13(17)4/h5-10H,1-2,11H2,3-4H3. The van der Waals surface area contributed by atoms with Crippen LogP contribution in [-0.2, 0) is 0 Å². The smallest absolute Gasteiger partial charge is 0.00138 e. The first-order valence-electron chi connectivity index (χ1n) is 5.92. The molecule has 1 aliphatic rings. The molecule has 0 atom stereocenters. The van der Waals surface area contributed by atoms with Crippen molar-refractivity contribution in [3.05, 3.63) is 77.4 Å². The molecule has 0 spiro atoms. The second-order valence-electron chi connectivity index (χ2n) is 4.55. The summed E-state index contributed by atoms with van der Waals surface area (Å²) in [5.74, 6) is 0. The highest BCUT2D eigenvalue weighted by Crippen LogP contribution is 2.35. The van der Waals surface area contributed by atoms with E-state index in [-0.39, 0.29) is 0 Å². The number of aryl methyl sites for hydroxylation is 2. The van der Waals surface area contributed by atoms with Gasteiger partial charge in [-0.25, -0.2) is 0 Å². The maximum Gasteiger partial charge on any atom is -0.00138 e. The third-order valence-corrected chi connectivity index (χ3v) is 3.29. The highest BCUT2D eigenvalue weighted by molar-refractivity contribution is 5.78. The predicted octanol–water partition coefficient (Wildman–Crippen LogP) is 4.76. The minimum absolute atomic E-state index is 0.967. The molecular formula is C17H18. The summed E-state index contributed by atoms with van der Waals surface area (Å²) in [5, 5.41) is 0. The molecule has 0 radical (unpaired) electrons. The molecule has 0 N–H and O–H groups in total. The summed E-state index contributed by atoms with van der Waals surface area (Å²) in [6.45, 7) is 12.0. The summed E-state index contributed by atoms with van der Waals surface area (Å²) in [6, 6.07) is 6.60. The lowest BCUT2D eigenvalue weighted by Crippen LogP contribution is -1.88. The van der Waals surface area contributed by atoms with Crippen molar-refractivity contribution in [1.82, 2.24) is 0 Å². The lowest BCUT2D eigenvalue weighted by Gasteiger charge is -2.08. The van der Waals surface area contributed by atoms with Crippen molar-refractivity contribution >= 4 is 5.57 Å². The molecule has 0 aromatic heterocycles. The molecule has 0 amide bonds. The van der Waals surface area contributed by atoms with Crippen molar-refractivity contribution in [3.8, 4) is 0 Å². The molecule has 17 heavy (non-hydrogen) atoms. The Bertz CT molecular complexity index is 539. The van der Waals surface area contributed by atoms with E-state index in [0.29, 0.717) is 0 Å². The fourth-order valence-electron chi connectivity index (χ4n) is 2.27. The van der Waals surface area contributed by atoms with Gasteiger partial charge >= 0.3 is 0 Å². The zero-order chi connectivity index (χ0) is 12.4. The van der Waals surface area contributed by atoms with Crippen LogP contribution in [-0.4, -0.2) is 0 Å². The Kier molecular flexibility index (Phi) is 3.14. The summed E-state index contributed by atoms with van der Waals surface area (Å²) in [6.07, 6.45) is 7.04. The van der Waals surface area contributed by atoms with Crippen LogP contribution in [0.1, 0.15) is 23.1 Å². The molecule has 2 rings (SSSR count). The van der Waals surface area contributed by atoms with Crippen LogP contribution >= 0.6 is 0 Å². The first kappa shape index (κ1) is 11.7. The average Bonchev–Trinajstić information content (AvgIpc) is 2.75. The van der Waals surface area contributed by atoms with E-state index in [1.54, 1.807) is 0 Å². The third kappa shape index (κ3) is 2.16. The Balaban J connectivity index is 2.42. The van der Waals surface area contributed by atoms with Gasteiger partial charge in [-0.3, -0.25) is 0 Å². The van der Waals surface area contributed by atoms with Crippen molar-refractivity contribution in [2.24, 2.45) is 0 Å². The molecule has 0 fully saturated rings. The largest absolute Gasteiger partial charge is 0.0988 e.